The standard InChI is InChI=1S/C14H15N3OS2/c15-14-17-10(8-19-14)5-6-16-13(18)12-7-9-3-1-2-4-11(9)20-12/h1-4,8,12H,5-7H2,(H2,15,17)(H,16,18)/t12-/m0/s1. The lowest BCUT2D eigenvalue weighted by molar-refractivity contribution is -0.120. The summed E-state index contributed by atoms with van der Waals surface area (Å²) < 4.78 is 0. The summed E-state index contributed by atoms with van der Waals surface area (Å²) in [6, 6.07) is 8.20. The first kappa shape index (κ1) is 13.5. The summed E-state index contributed by atoms with van der Waals surface area (Å²) in [5.74, 6) is 0.106. The van der Waals surface area contributed by atoms with E-state index in [1.807, 2.05) is 17.5 Å². The number of carbonyl (C=O) groups is 1. The molecule has 1 amide bonds. The molecule has 0 radical (unpaired) electrons. The summed E-state index contributed by atoms with van der Waals surface area (Å²) in [7, 11) is 0. The third kappa shape index (κ3) is 2.96. The SMILES string of the molecule is Nc1nc(CCNC(=O)[C@@H]2Cc3ccccc3S2)cs1. The number of hydrogen-bond acceptors (Lipinski definition) is 5. The number of amides is 1. The Bertz CT molecular complexity index is 601. The van der Waals surface area contributed by atoms with E-state index in [0.29, 0.717) is 11.7 Å². The molecular formula is C14H15N3OS2. The Labute approximate surface area is 125 Å². The average Bonchev–Trinajstić information content (AvgIpc) is 3.04. The molecule has 104 valence electrons. The highest BCUT2D eigenvalue weighted by molar-refractivity contribution is 8.01. The fourth-order valence-corrected chi connectivity index (χ4v) is 4.01. The average molecular weight is 305 g/mol. The van der Waals surface area contributed by atoms with Gasteiger partial charge in [-0.15, -0.1) is 23.1 Å². The summed E-state index contributed by atoms with van der Waals surface area (Å²) in [5, 5.41) is 5.48. The molecule has 0 unspecified atom stereocenters. The lowest BCUT2D eigenvalue weighted by atomic mass is 10.1. The maximum Gasteiger partial charge on any atom is 0.233 e. The van der Waals surface area contributed by atoms with Crippen molar-refractivity contribution < 1.29 is 4.79 Å². The van der Waals surface area contributed by atoms with Gasteiger partial charge in [-0.2, -0.15) is 0 Å². The third-order valence-electron chi connectivity index (χ3n) is 3.19. The molecular weight excluding hydrogens is 290 g/mol. The normalized spacial score (nSPS) is 16.9. The van der Waals surface area contributed by atoms with Gasteiger partial charge in [-0.25, -0.2) is 4.98 Å². The molecule has 4 nitrogen and oxygen atoms in total. The summed E-state index contributed by atoms with van der Waals surface area (Å²) in [4.78, 5) is 17.5. The van der Waals surface area contributed by atoms with Crippen LogP contribution in [0.2, 0.25) is 0 Å². The van der Waals surface area contributed by atoms with Crippen molar-refractivity contribution in [3.63, 3.8) is 0 Å². The number of nitrogen functional groups attached to an aromatic ring is 1. The van der Waals surface area contributed by atoms with Crippen LogP contribution in [0.3, 0.4) is 0 Å². The van der Waals surface area contributed by atoms with Gasteiger partial charge in [-0.05, 0) is 18.1 Å². The Morgan fingerprint density at radius 2 is 2.30 bits per heavy atom. The smallest absolute Gasteiger partial charge is 0.233 e. The molecule has 2 heterocycles. The topological polar surface area (TPSA) is 68.0 Å². The van der Waals surface area contributed by atoms with Crippen molar-refractivity contribution in [1.82, 2.24) is 10.3 Å². The Morgan fingerprint density at radius 1 is 1.45 bits per heavy atom. The quantitative estimate of drug-likeness (QED) is 0.908. The van der Waals surface area contributed by atoms with Gasteiger partial charge in [0.15, 0.2) is 5.13 Å². The van der Waals surface area contributed by atoms with Gasteiger partial charge in [-0.3, -0.25) is 4.79 Å². The number of carbonyl (C=O) groups excluding carboxylic acids is 1. The van der Waals surface area contributed by atoms with Crippen molar-refractivity contribution in [1.29, 1.82) is 0 Å². The van der Waals surface area contributed by atoms with Gasteiger partial charge in [0.1, 0.15) is 0 Å². The Balaban J connectivity index is 1.49. The van der Waals surface area contributed by atoms with E-state index < -0.39 is 0 Å². The molecule has 1 aliphatic heterocycles. The second-order valence-electron chi connectivity index (χ2n) is 4.64. The van der Waals surface area contributed by atoms with E-state index in [1.54, 1.807) is 11.8 Å². The molecule has 0 spiro atoms. The highest BCUT2D eigenvalue weighted by atomic mass is 32.2. The largest absolute Gasteiger partial charge is 0.375 e. The number of fused-ring (bicyclic) bond motifs is 1. The van der Waals surface area contributed by atoms with Gasteiger partial charge in [0, 0.05) is 23.2 Å². The minimum absolute atomic E-state index is 0.00657. The second-order valence-corrected chi connectivity index (χ2v) is 6.77. The van der Waals surface area contributed by atoms with Crippen LogP contribution in [0.15, 0.2) is 34.5 Å². The van der Waals surface area contributed by atoms with Crippen molar-refractivity contribution in [2.45, 2.75) is 23.0 Å². The zero-order valence-electron chi connectivity index (χ0n) is 10.8. The van der Waals surface area contributed by atoms with Gasteiger partial charge in [0.2, 0.25) is 5.91 Å². The number of anilines is 1. The summed E-state index contributed by atoms with van der Waals surface area (Å²) in [5.41, 5.74) is 7.78. The van der Waals surface area contributed by atoms with E-state index in [-0.39, 0.29) is 11.2 Å². The maximum atomic E-state index is 12.1. The molecule has 1 aromatic carbocycles. The molecule has 20 heavy (non-hydrogen) atoms. The zero-order chi connectivity index (χ0) is 13.9. The molecule has 2 aromatic rings. The molecule has 3 rings (SSSR count). The molecule has 0 fully saturated rings. The van der Waals surface area contributed by atoms with Crippen LogP contribution >= 0.6 is 23.1 Å². The van der Waals surface area contributed by atoms with Gasteiger partial charge >= 0.3 is 0 Å². The lowest BCUT2D eigenvalue weighted by Gasteiger charge is -2.09. The number of aromatic nitrogens is 1. The predicted octanol–water partition coefficient (Wildman–Crippen LogP) is 2.10. The maximum absolute atomic E-state index is 12.1. The minimum atomic E-state index is -0.00657. The Kier molecular flexibility index (Phi) is 3.93. The van der Waals surface area contributed by atoms with Crippen LogP contribution in [0.4, 0.5) is 5.13 Å². The first-order valence-electron chi connectivity index (χ1n) is 6.44. The summed E-state index contributed by atoms with van der Waals surface area (Å²) in [6.07, 6.45) is 1.54. The van der Waals surface area contributed by atoms with Crippen LogP contribution in [0.25, 0.3) is 0 Å². The molecule has 0 bridgehead atoms. The highest BCUT2D eigenvalue weighted by Crippen LogP contribution is 2.36. The lowest BCUT2D eigenvalue weighted by Crippen LogP contribution is -2.33. The van der Waals surface area contributed by atoms with Gasteiger partial charge in [-0.1, -0.05) is 18.2 Å². The molecule has 0 saturated heterocycles. The molecule has 0 aliphatic carbocycles. The Hall–Kier alpha value is -1.53. The monoisotopic (exact) mass is 305 g/mol. The number of thiazole rings is 1. The summed E-state index contributed by atoms with van der Waals surface area (Å²) in [6.45, 7) is 0.607. The molecule has 1 atom stereocenters. The zero-order valence-corrected chi connectivity index (χ0v) is 12.5. The van der Waals surface area contributed by atoms with Crippen LogP contribution in [-0.2, 0) is 17.6 Å². The minimum Gasteiger partial charge on any atom is -0.375 e. The highest BCUT2D eigenvalue weighted by Gasteiger charge is 2.27. The number of rotatable bonds is 4. The van der Waals surface area contributed by atoms with E-state index in [2.05, 4.69) is 22.4 Å². The molecule has 0 saturated carbocycles. The van der Waals surface area contributed by atoms with E-state index >= 15 is 0 Å². The second kappa shape index (κ2) is 5.85. The molecule has 1 aliphatic rings. The van der Waals surface area contributed by atoms with Crippen molar-refractivity contribution in [2.24, 2.45) is 0 Å². The number of nitrogens with two attached hydrogens (primary N) is 1. The first-order chi connectivity index (χ1) is 9.72. The fourth-order valence-electron chi connectivity index (χ4n) is 2.19. The summed E-state index contributed by atoms with van der Waals surface area (Å²) >= 11 is 3.08. The third-order valence-corrected chi connectivity index (χ3v) is 5.23. The van der Waals surface area contributed by atoms with Crippen molar-refractivity contribution in [3.05, 3.63) is 40.9 Å². The number of benzene rings is 1. The first-order valence-corrected chi connectivity index (χ1v) is 8.20. The molecule has 1 aromatic heterocycles. The number of hydrogen-bond donors (Lipinski definition) is 2. The van der Waals surface area contributed by atoms with Gasteiger partial charge < -0.3 is 11.1 Å². The van der Waals surface area contributed by atoms with Crippen LogP contribution in [-0.4, -0.2) is 22.7 Å². The van der Waals surface area contributed by atoms with Crippen molar-refractivity contribution in [3.8, 4) is 0 Å². The van der Waals surface area contributed by atoms with E-state index in [9.17, 15) is 4.79 Å². The van der Waals surface area contributed by atoms with Gasteiger partial charge in [0.05, 0.1) is 10.9 Å². The van der Waals surface area contributed by atoms with Crippen molar-refractivity contribution >= 4 is 34.1 Å². The molecule has 3 N–H and O–H groups in total. The molecule has 6 heteroatoms. The van der Waals surface area contributed by atoms with Crippen LogP contribution < -0.4 is 11.1 Å². The fraction of sp³-hybridized carbons (Fsp3) is 0.286. The van der Waals surface area contributed by atoms with E-state index in [4.69, 9.17) is 5.73 Å². The predicted molar refractivity (Wildman–Crippen MR) is 83.0 cm³/mol. The van der Waals surface area contributed by atoms with Gasteiger partial charge in [0.25, 0.3) is 0 Å². The van der Waals surface area contributed by atoms with Crippen molar-refractivity contribution in [2.75, 3.05) is 12.3 Å². The number of nitrogens with zero attached hydrogens (tertiary/aromatic N) is 1. The van der Waals surface area contributed by atoms with Crippen LogP contribution in [0.1, 0.15) is 11.3 Å². The Morgan fingerprint density at radius 3 is 3.05 bits per heavy atom. The van der Waals surface area contributed by atoms with E-state index in [1.165, 1.54) is 21.8 Å². The number of thioether (sulfide) groups is 1. The van der Waals surface area contributed by atoms with Crippen LogP contribution in [0.5, 0.6) is 0 Å². The van der Waals surface area contributed by atoms with Crippen LogP contribution in [0, 0.1) is 0 Å². The number of nitrogens with one attached hydrogen (secondary N) is 1. The van der Waals surface area contributed by atoms with E-state index in [0.717, 1.165) is 18.5 Å².